The van der Waals surface area contributed by atoms with E-state index in [0.29, 0.717) is 13.0 Å². The fourth-order valence-electron chi connectivity index (χ4n) is 8.99. The van der Waals surface area contributed by atoms with Gasteiger partial charge in [-0.25, -0.2) is 0 Å². The van der Waals surface area contributed by atoms with Crippen molar-refractivity contribution in [3.8, 4) is 0 Å². The molecular formula is C46H74O4SiSn. The maximum atomic E-state index is 12.3. The summed E-state index contributed by atoms with van der Waals surface area (Å²) in [5, 5.41) is 14.8. The molecule has 0 bridgehead atoms. The van der Waals surface area contributed by atoms with Gasteiger partial charge in [-0.3, -0.25) is 0 Å². The SMILES string of the molecule is C=C(C)[C@@H]1CC=C(C)[C@H](OCOC)[C@H]1CC(O)/C=[C](\CCO[Si](c1ccccc1)(c1ccccc1)C(C)(C)C)[Sn]([CH2]CCC)([CH2]CCC)[CH2]CCC. The first-order chi connectivity index (χ1) is 24.9. The molecule has 6 heteroatoms. The number of methoxy groups -OCH3 is 1. The molecule has 1 aliphatic rings. The minimum atomic E-state index is -2.97. The molecule has 4 nitrogen and oxygen atoms in total. The number of aliphatic hydroxyl groups is 1. The van der Waals surface area contributed by atoms with E-state index < -0.39 is 32.8 Å². The van der Waals surface area contributed by atoms with Crippen molar-refractivity contribution in [1.29, 1.82) is 0 Å². The Hall–Kier alpha value is -1.48. The molecule has 3 rings (SSSR count). The molecule has 0 saturated heterocycles. The zero-order valence-corrected chi connectivity index (χ0v) is 38.4. The monoisotopic (exact) mass is 838 g/mol. The number of rotatable bonds is 23. The van der Waals surface area contributed by atoms with Crippen molar-refractivity contribution in [1.82, 2.24) is 0 Å². The number of hydrogen-bond acceptors (Lipinski definition) is 4. The third-order valence-electron chi connectivity index (χ3n) is 11.8. The molecule has 1 N–H and O–H groups in total. The zero-order chi connectivity index (χ0) is 38.2. The first kappa shape index (κ1) is 44.9. The summed E-state index contributed by atoms with van der Waals surface area (Å²) in [5.41, 5.74) is 2.40. The molecule has 0 saturated carbocycles. The summed E-state index contributed by atoms with van der Waals surface area (Å²) in [6.45, 7) is 23.8. The topological polar surface area (TPSA) is 47.9 Å². The van der Waals surface area contributed by atoms with Gasteiger partial charge < -0.3 is 0 Å². The van der Waals surface area contributed by atoms with Crippen LogP contribution in [0.4, 0.5) is 0 Å². The summed E-state index contributed by atoms with van der Waals surface area (Å²) >= 11 is -2.97. The molecule has 52 heavy (non-hydrogen) atoms. The Balaban J connectivity index is 2.13. The Morgan fingerprint density at radius 2 is 1.44 bits per heavy atom. The Morgan fingerprint density at radius 1 is 0.923 bits per heavy atom. The average Bonchev–Trinajstić information content (AvgIpc) is 3.12. The van der Waals surface area contributed by atoms with Crippen LogP contribution in [-0.4, -0.2) is 64.5 Å². The van der Waals surface area contributed by atoms with E-state index in [1.807, 2.05) is 0 Å². The molecule has 2 aromatic carbocycles. The molecule has 0 amide bonds. The van der Waals surface area contributed by atoms with E-state index in [1.165, 1.54) is 67.8 Å². The van der Waals surface area contributed by atoms with Crippen LogP contribution >= 0.6 is 0 Å². The van der Waals surface area contributed by atoms with E-state index >= 15 is 0 Å². The van der Waals surface area contributed by atoms with E-state index in [-0.39, 0.29) is 29.8 Å². The second-order valence-electron chi connectivity index (χ2n) is 16.6. The van der Waals surface area contributed by atoms with Gasteiger partial charge in [-0.1, -0.05) is 0 Å². The molecule has 0 radical (unpaired) electrons. The van der Waals surface area contributed by atoms with Gasteiger partial charge in [0.1, 0.15) is 0 Å². The number of hydrogen-bond donors (Lipinski definition) is 1. The quantitative estimate of drug-likeness (QED) is 0.0688. The predicted octanol–water partition coefficient (Wildman–Crippen LogP) is 11.2. The van der Waals surface area contributed by atoms with Crippen LogP contribution in [0.2, 0.25) is 18.3 Å². The molecule has 2 aromatic rings. The van der Waals surface area contributed by atoms with E-state index in [2.05, 4.69) is 135 Å². The van der Waals surface area contributed by atoms with Gasteiger partial charge in [0, 0.05) is 0 Å². The van der Waals surface area contributed by atoms with Crippen molar-refractivity contribution in [2.45, 2.75) is 144 Å². The summed E-state index contributed by atoms with van der Waals surface area (Å²) < 4.78 is 25.0. The van der Waals surface area contributed by atoms with Crippen LogP contribution in [0.5, 0.6) is 0 Å². The first-order valence-corrected chi connectivity index (χ1v) is 29.9. The van der Waals surface area contributed by atoms with Crippen molar-refractivity contribution in [2.75, 3.05) is 20.5 Å². The fourth-order valence-corrected chi connectivity index (χ4v) is 30.6. The number of benzene rings is 2. The van der Waals surface area contributed by atoms with Gasteiger partial charge in [0.25, 0.3) is 0 Å². The van der Waals surface area contributed by atoms with E-state index in [1.54, 1.807) is 10.7 Å². The zero-order valence-electron chi connectivity index (χ0n) is 34.5. The summed E-state index contributed by atoms with van der Waals surface area (Å²) in [6.07, 6.45) is 14.1. The van der Waals surface area contributed by atoms with E-state index in [0.717, 1.165) is 18.4 Å². The molecule has 1 unspecified atom stereocenters. The van der Waals surface area contributed by atoms with Gasteiger partial charge >= 0.3 is 326 Å². The molecule has 0 spiro atoms. The summed E-state index contributed by atoms with van der Waals surface area (Å²) in [4.78, 5) is 0. The molecule has 0 fully saturated rings. The van der Waals surface area contributed by atoms with Gasteiger partial charge in [0.05, 0.1) is 0 Å². The van der Waals surface area contributed by atoms with Crippen molar-refractivity contribution < 1.29 is 19.0 Å². The van der Waals surface area contributed by atoms with Crippen molar-refractivity contribution in [3.05, 3.63) is 94.1 Å². The Labute approximate surface area is 324 Å². The number of ether oxygens (including phenoxy) is 2. The van der Waals surface area contributed by atoms with Crippen LogP contribution in [0.15, 0.2) is 94.1 Å². The Morgan fingerprint density at radius 3 is 1.88 bits per heavy atom. The first-order valence-electron chi connectivity index (χ1n) is 20.5. The van der Waals surface area contributed by atoms with Gasteiger partial charge in [0.15, 0.2) is 0 Å². The molecule has 4 atom stereocenters. The van der Waals surface area contributed by atoms with Gasteiger partial charge in [-0.15, -0.1) is 0 Å². The minimum absolute atomic E-state index is 0.0762. The molecule has 1 aliphatic carbocycles. The third kappa shape index (κ3) is 11.8. The third-order valence-corrected chi connectivity index (χ3v) is 33.1. The van der Waals surface area contributed by atoms with E-state index in [9.17, 15) is 5.11 Å². The average molecular weight is 838 g/mol. The molecule has 0 heterocycles. The second kappa shape index (κ2) is 22.2. The van der Waals surface area contributed by atoms with Gasteiger partial charge in [-0.2, -0.15) is 0 Å². The molecule has 290 valence electrons. The molecule has 0 aromatic heterocycles. The number of unbranched alkanes of at least 4 members (excludes halogenated alkanes) is 3. The number of allylic oxidation sites excluding steroid dienone is 2. The Bertz CT molecular complexity index is 1320. The summed E-state index contributed by atoms with van der Waals surface area (Å²) in [7, 11) is -1.01. The van der Waals surface area contributed by atoms with Crippen molar-refractivity contribution in [3.63, 3.8) is 0 Å². The second-order valence-corrected chi connectivity index (χ2v) is 34.4. The molecule has 0 aliphatic heterocycles. The van der Waals surface area contributed by atoms with Crippen LogP contribution in [0.1, 0.15) is 113 Å². The van der Waals surface area contributed by atoms with Crippen LogP contribution in [-0.2, 0) is 13.9 Å². The Kier molecular flexibility index (Phi) is 19.1. The summed E-state index contributed by atoms with van der Waals surface area (Å²) in [5.74, 6) is 0.411. The van der Waals surface area contributed by atoms with Gasteiger partial charge in [0.2, 0.25) is 0 Å². The maximum absolute atomic E-state index is 12.3. The van der Waals surface area contributed by atoms with Crippen molar-refractivity contribution in [2.24, 2.45) is 11.8 Å². The molecular weight excluding hydrogens is 763 g/mol. The van der Waals surface area contributed by atoms with Crippen LogP contribution in [0.3, 0.4) is 0 Å². The predicted molar refractivity (Wildman–Crippen MR) is 229 cm³/mol. The standard InChI is InChI=1S/C34H47O4Si.3C4H9.Sn/c1-26(2)31-22-21-27(3)33(37-25-36-7)32(31)24-28(35)16-14-15-23-38-39(34(4,5)6,29-17-10-8-11-18-29)30-19-12-9-13-20-30;3*1-3-4-2;/h8-13,16-21,28,31-33,35H,1,15,22-25H2,2-7H3;3*1,3-4H2,2H3;/t28?,31-,32-,33-;;;;/m0..../s1. The summed E-state index contributed by atoms with van der Waals surface area (Å²) in [6, 6.07) is 22.1. The van der Waals surface area contributed by atoms with Crippen LogP contribution < -0.4 is 10.4 Å². The van der Waals surface area contributed by atoms with Crippen molar-refractivity contribution >= 4 is 37.1 Å². The van der Waals surface area contributed by atoms with E-state index in [4.69, 9.17) is 13.9 Å². The van der Waals surface area contributed by atoms with Crippen LogP contribution in [0, 0.1) is 11.8 Å². The fraction of sp³-hybridized carbons (Fsp3) is 0.609. The van der Waals surface area contributed by atoms with Crippen LogP contribution in [0.25, 0.3) is 0 Å². The normalized spacial score (nSPS) is 19.4. The number of aliphatic hydroxyl groups excluding tert-OH is 1. The van der Waals surface area contributed by atoms with Gasteiger partial charge in [-0.05, 0) is 0 Å².